The molecular formula is C14H11ClN4OS. The van der Waals surface area contributed by atoms with Gasteiger partial charge >= 0.3 is 0 Å². The van der Waals surface area contributed by atoms with Gasteiger partial charge in [0, 0.05) is 21.7 Å². The van der Waals surface area contributed by atoms with Crippen LogP contribution in [0.25, 0.3) is 17.1 Å². The third-order valence-corrected chi connectivity index (χ3v) is 3.64. The average molecular weight is 319 g/mol. The molecule has 0 fully saturated rings. The van der Waals surface area contributed by atoms with Crippen LogP contribution in [0.1, 0.15) is 5.56 Å². The minimum atomic E-state index is 0.103. The highest BCUT2D eigenvalue weighted by Gasteiger charge is 2.17. The maximum absolute atomic E-state index is 10.5. The Hall–Kier alpha value is -2.31. The molecular weight excluding hydrogens is 308 g/mol. The van der Waals surface area contributed by atoms with Crippen molar-refractivity contribution in [1.29, 1.82) is 0 Å². The summed E-state index contributed by atoms with van der Waals surface area (Å²) in [5, 5.41) is 17.7. The van der Waals surface area contributed by atoms with E-state index in [1.807, 2.05) is 12.2 Å². The van der Waals surface area contributed by atoms with Gasteiger partial charge in [-0.15, -0.1) is 0 Å². The number of rotatable bonds is 2. The molecule has 2 aromatic rings. The second kappa shape index (κ2) is 5.23. The number of aromatic nitrogens is 3. The summed E-state index contributed by atoms with van der Waals surface area (Å²) in [6.45, 7) is 0. The molecule has 0 aliphatic heterocycles. The standard InChI is InChI=1S/C14H11ClN4OS/c15-9-5-6-10(13-17-18-14(21)19(13)16)11(7-9)12(20)8-3-1-2-4-8/h1-7,20H,16H2,(H,18,21). The number of hydrogen-bond donors (Lipinski definition) is 3. The van der Waals surface area contributed by atoms with Gasteiger partial charge in [-0.25, -0.2) is 9.77 Å². The molecule has 1 aliphatic carbocycles. The van der Waals surface area contributed by atoms with E-state index in [-0.39, 0.29) is 5.76 Å². The zero-order valence-corrected chi connectivity index (χ0v) is 12.3. The molecule has 0 bridgehead atoms. The molecule has 106 valence electrons. The maximum Gasteiger partial charge on any atom is 0.214 e. The van der Waals surface area contributed by atoms with E-state index in [1.54, 1.807) is 30.4 Å². The van der Waals surface area contributed by atoms with Crippen LogP contribution in [-0.4, -0.2) is 20.0 Å². The zero-order valence-electron chi connectivity index (χ0n) is 10.7. The molecule has 1 aromatic heterocycles. The quantitative estimate of drug-likeness (QED) is 0.450. The molecule has 0 spiro atoms. The lowest BCUT2D eigenvalue weighted by Gasteiger charge is -2.10. The number of nitrogens with two attached hydrogens (primary N) is 1. The summed E-state index contributed by atoms with van der Waals surface area (Å²) in [6, 6.07) is 5.11. The van der Waals surface area contributed by atoms with Crippen LogP contribution in [0.5, 0.6) is 0 Å². The van der Waals surface area contributed by atoms with Gasteiger partial charge in [-0.2, -0.15) is 5.10 Å². The van der Waals surface area contributed by atoms with Crippen molar-refractivity contribution in [2.24, 2.45) is 0 Å². The third-order valence-electron chi connectivity index (χ3n) is 3.12. The normalized spacial score (nSPS) is 13.1. The van der Waals surface area contributed by atoms with Crippen molar-refractivity contribution in [2.75, 3.05) is 5.84 Å². The highest BCUT2D eigenvalue weighted by atomic mass is 35.5. The van der Waals surface area contributed by atoms with E-state index in [9.17, 15) is 5.11 Å². The molecule has 0 radical (unpaired) electrons. The van der Waals surface area contributed by atoms with Crippen LogP contribution in [0.3, 0.4) is 0 Å². The van der Waals surface area contributed by atoms with Crippen molar-refractivity contribution < 1.29 is 5.11 Å². The predicted octanol–water partition coefficient (Wildman–Crippen LogP) is 3.37. The first kappa shape index (κ1) is 13.7. The first-order valence-electron chi connectivity index (χ1n) is 6.08. The van der Waals surface area contributed by atoms with Crippen LogP contribution in [0.2, 0.25) is 5.02 Å². The second-order valence-corrected chi connectivity index (χ2v) is 5.26. The molecule has 1 heterocycles. The summed E-state index contributed by atoms with van der Waals surface area (Å²) in [6.07, 6.45) is 7.29. The van der Waals surface area contributed by atoms with E-state index in [4.69, 9.17) is 29.7 Å². The largest absolute Gasteiger partial charge is 0.507 e. The molecule has 1 aliphatic rings. The number of halogens is 1. The summed E-state index contributed by atoms with van der Waals surface area (Å²) in [5.41, 5.74) is 1.86. The smallest absolute Gasteiger partial charge is 0.214 e. The fourth-order valence-electron chi connectivity index (χ4n) is 2.09. The molecule has 21 heavy (non-hydrogen) atoms. The fourth-order valence-corrected chi connectivity index (χ4v) is 2.39. The van der Waals surface area contributed by atoms with Gasteiger partial charge in [0.05, 0.1) is 0 Å². The summed E-state index contributed by atoms with van der Waals surface area (Å²) in [4.78, 5) is 0. The zero-order chi connectivity index (χ0) is 15.0. The van der Waals surface area contributed by atoms with E-state index in [0.29, 0.717) is 32.3 Å². The minimum Gasteiger partial charge on any atom is -0.507 e. The molecule has 1 aromatic carbocycles. The van der Waals surface area contributed by atoms with Gasteiger partial charge in [0.2, 0.25) is 4.77 Å². The van der Waals surface area contributed by atoms with Gasteiger partial charge in [-0.3, -0.25) is 0 Å². The molecule has 7 heteroatoms. The summed E-state index contributed by atoms with van der Waals surface area (Å²) < 4.78 is 1.54. The van der Waals surface area contributed by atoms with Crippen molar-refractivity contribution in [1.82, 2.24) is 14.9 Å². The van der Waals surface area contributed by atoms with Crippen molar-refractivity contribution >= 4 is 29.6 Å². The Labute approximate surface area is 130 Å². The number of nitrogens with zero attached hydrogens (tertiary/aromatic N) is 2. The van der Waals surface area contributed by atoms with Gasteiger partial charge in [0.15, 0.2) is 5.82 Å². The number of nitrogens with one attached hydrogen (secondary N) is 1. The van der Waals surface area contributed by atoms with Crippen LogP contribution < -0.4 is 5.84 Å². The van der Waals surface area contributed by atoms with E-state index < -0.39 is 0 Å². The predicted molar refractivity (Wildman–Crippen MR) is 85.8 cm³/mol. The van der Waals surface area contributed by atoms with Crippen LogP contribution in [-0.2, 0) is 0 Å². The number of allylic oxidation sites excluding steroid dienone is 5. The number of aliphatic hydroxyl groups is 1. The molecule has 0 amide bonds. The Morgan fingerprint density at radius 3 is 2.67 bits per heavy atom. The van der Waals surface area contributed by atoms with Gasteiger partial charge in [-0.05, 0) is 30.4 Å². The van der Waals surface area contributed by atoms with Crippen molar-refractivity contribution in [3.8, 4) is 11.4 Å². The molecule has 0 atom stereocenters. The number of aliphatic hydroxyl groups excluding tert-OH is 1. The van der Waals surface area contributed by atoms with Crippen LogP contribution in [0.15, 0.2) is 48.1 Å². The summed E-state index contributed by atoms with van der Waals surface area (Å²) >= 11 is 11.1. The van der Waals surface area contributed by atoms with E-state index >= 15 is 0 Å². The lowest BCUT2D eigenvalue weighted by Crippen LogP contribution is -2.10. The fraction of sp³-hybridized carbons (Fsp3) is 0. The first-order valence-corrected chi connectivity index (χ1v) is 6.87. The van der Waals surface area contributed by atoms with Crippen molar-refractivity contribution in [2.45, 2.75) is 0 Å². The third kappa shape index (κ3) is 2.39. The summed E-state index contributed by atoms with van der Waals surface area (Å²) in [7, 11) is 0. The molecule has 3 rings (SSSR count). The molecule has 5 nitrogen and oxygen atoms in total. The van der Waals surface area contributed by atoms with Gasteiger partial charge in [0.25, 0.3) is 0 Å². The number of H-pyrrole nitrogens is 1. The number of nitrogen functional groups attached to an aromatic ring is 1. The van der Waals surface area contributed by atoms with Crippen LogP contribution >= 0.6 is 23.8 Å². The molecule has 0 saturated carbocycles. The second-order valence-electron chi connectivity index (χ2n) is 4.43. The molecule has 0 unspecified atom stereocenters. The Kier molecular flexibility index (Phi) is 3.40. The van der Waals surface area contributed by atoms with Gasteiger partial charge < -0.3 is 10.9 Å². The lowest BCUT2D eigenvalue weighted by atomic mass is 10.0. The average Bonchev–Trinajstić information content (AvgIpc) is 3.10. The van der Waals surface area contributed by atoms with E-state index in [2.05, 4.69) is 10.2 Å². The minimum absolute atomic E-state index is 0.103. The van der Waals surface area contributed by atoms with Crippen molar-refractivity contribution in [3.05, 3.63) is 63.4 Å². The van der Waals surface area contributed by atoms with E-state index in [0.717, 1.165) is 0 Å². The highest BCUT2D eigenvalue weighted by Crippen LogP contribution is 2.31. The lowest BCUT2D eigenvalue weighted by molar-refractivity contribution is 0.509. The first-order chi connectivity index (χ1) is 10.1. The number of aromatic amines is 1. The SMILES string of the molecule is Nn1c(-c2ccc(Cl)cc2C(O)=C2C=CC=C2)n[nH]c1=S. The monoisotopic (exact) mass is 318 g/mol. The number of hydrogen-bond acceptors (Lipinski definition) is 4. The van der Waals surface area contributed by atoms with Crippen LogP contribution in [0, 0.1) is 4.77 Å². The Balaban J connectivity index is 2.26. The topological polar surface area (TPSA) is 79.9 Å². The Bertz CT molecular complexity index is 846. The Morgan fingerprint density at radius 2 is 2.05 bits per heavy atom. The van der Waals surface area contributed by atoms with Gasteiger partial charge in [-0.1, -0.05) is 35.9 Å². The maximum atomic E-state index is 10.5. The van der Waals surface area contributed by atoms with Crippen molar-refractivity contribution in [3.63, 3.8) is 0 Å². The van der Waals surface area contributed by atoms with Crippen LogP contribution in [0.4, 0.5) is 0 Å². The van der Waals surface area contributed by atoms with Gasteiger partial charge in [0.1, 0.15) is 5.76 Å². The summed E-state index contributed by atoms with van der Waals surface area (Å²) in [5.74, 6) is 6.38. The highest BCUT2D eigenvalue weighted by molar-refractivity contribution is 7.71. The number of benzene rings is 1. The molecule has 0 saturated heterocycles. The Morgan fingerprint density at radius 1 is 1.33 bits per heavy atom. The molecule has 4 N–H and O–H groups in total. The van der Waals surface area contributed by atoms with E-state index in [1.165, 1.54) is 4.68 Å².